The standard InChI is InChI=1S/C12H15NO3/c1-8-2-4-11-9(6-8)3-5-12(16-11)10(14)7-13-15/h2,4,6,10,12,14H,3,5,7H2,1H3. The van der Waals surface area contributed by atoms with E-state index in [0.29, 0.717) is 0 Å². The molecule has 4 heteroatoms. The number of nitrogens with zero attached hydrogens (tertiary/aromatic N) is 1. The van der Waals surface area contributed by atoms with Crippen molar-refractivity contribution < 1.29 is 9.84 Å². The molecule has 1 aliphatic heterocycles. The van der Waals surface area contributed by atoms with Gasteiger partial charge in [-0.25, -0.2) is 0 Å². The molecule has 1 aromatic rings. The molecule has 0 aromatic heterocycles. The van der Waals surface area contributed by atoms with E-state index in [-0.39, 0.29) is 12.6 Å². The third-order valence-electron chi connectivity index (χ3n) is 2.88. The number of aliphatic hydroxyl groups is 1. The molecule has 2 rings (SSSR count). The van der Waals surface area contributed by atoms with Crippen molar-refractivity contribution in [1.29, 1.82) is 0 Å². The van der Waals surface area contributed by atoms with Gasteiger partial charge in [0.1, 0.15) is 24.5 Å². The zero-order valence-electron chi connectivity index (χ0n) is 9.22. The van der Waals surface area contributed by atoms with Crippen LogP contribution in [0.4, 0.5) is 0 Å². The van der Waals surface area contributed by atoms with Crippen molar-refractivity contribution in [3.8, 4) is 5.75 Å². The quantitative estimate of drug-likeness (QED) is 0.792. The van der Waals surface area contributed by atoms with Gasteiger partial charge in [-0.2, -0.15) is 4.91 Å². The SMILES string of the molecule is Cc1ccc2c(c1)CCC(C(O)CN=O)O2. The van der Waals surface area contributed by atoms with Crippen molar-refractivity contribution in [2.45, 2.75) is 32.0 Å². The number of benzene rings is 1. The lowest BCUT2D eigenvalue weighted by molar-refractivity contribution is 0.0298. The molecule has 0 spiro atoms. The average molecular weight is 221 g/mol. The zero-order chi connectivity index (χ0) is 11.5. The van der Waals surface area contributed by atoms with Gasteiger partial charge in [0.05, 0.1) is 0 Å². The van der Waals surface area contributed by atoms with Crippen LogP contribution in [0.2, 0.25) is 0 Å². The highest BCUT2D eigenvalue weighted by Crippen LogP contribution is 2.29. The summed E-state index contributed by atoms with van der Waals surface area (Å²) in [4.78, 5) is 10.1. The maximum absolute atomic E-state index is 10.1. The molecular weight excluding hydrogens is 206 g/mol. The van der Waals surface area contributed by atoms with Crippen molar-refractivity contribution in [2.24, 2.45) is 5.18 Å². The molecule has 1 heterocycles. The van der Waals surface area contributed by atoms with Gasteiger partial charge in [-0.3, -0.25) is 0 Å². The van der Waals surface area contributed by atoms with Gasteiger partial charge in [0, 0.05) is 0 Å². The van der Waals surface area contributed by atoms with Crippen molar-refractivity contribution >= 4 is 0 Å². The molecule has 1 aliphatic rings. The van der Waals surface area contributed by atoms with E-state index >= 15 is 0 Å². The van der Waals surface area contributed by atoms with Gasteiger partial charge in [-0.1, -0.05) is 22.9 Å². The molecule has 0 amide bonds. The van der Waals surface area contributed by atoms with Crippen molar-refractivity contribution in [2.75, 3.05) is 6.54 Å². The Balaban J connectivity index is 2.11. The lowest BCUT2D eigenvalue weighted by atomic mass is 9.98. The Morgan fingerprint density at radius 2 is 2.44 bits per heavy atom. The third-order valence-corrected chi connectivity index (χ3v) is 2.88. The van der Waals surface area contributed by atoms with E-state index in [1.807, 2.05) is 19.1 Å². The summed E-state index contributed by atoms with van der Waals surface area (Å²) in [5.74, 6) is 0.812. The van der Waals surface area contributed by atoms with E-state index in [9.17, 15) is 10.0 Å². The summed E-state index contributed by atoms with van der Waals surface area (Å²) < 4.78 is 5.65. The van der Waals surface area contributed by atoms with Crippen LogP contribution in [0.25, 0.3) is 0 Å². The topological polar surface area (TPSA) is 58.9 Å². The van der Waals surface area contributed by atoms with E-state index in [0.717, 1.165) is 18.6 Å². The van der Waals surface area contributed by atoms with Gasteiger partial charge in [0.25, 0.3) is 0 Å². The molecular formula is C12H15NO3. The van der Waals surface area contributed by atoms with Gasteiger partial charge in [-0.15, -0.1) is 0 Å². The molecule has 1 N–H and O–H groups in total. The summed E-state index contributed by atoms with van der Waals surface area (Å²) in [5.41, 5.74) is 2.37. The largest absolute Gasteiger partial charge is 0.487 e. The summed E-state index contributed by atoms with van der Waals surface area (Å²) in [6.45, 7) is 1.93. The second-order valence-electron chi connectivity index (χ2n) is 4.19. The fourth-order valence-electron chi connectivity index (χ4n) is 2.00. The first-order valence-electron chi connectivity index (χ1n) is 5.44. The first-order valence-corrected chi connectivity index (χ1v) is 5.44. The number of aliphatic hydroxyl groups excluding tert-OH is 1. The molecule has 1 aromatic carbocycles. The summed E-state index contributed by atoms with van der Waals surface area (Å²) >= 11 is 0. The summed E-state index contributed by atoms with van der Waals surface area (Å²) in [5, 5.41) is 12.3. The number of hydrogen-bond donors (Lipinski definition) is 1. The van der Waals surface area contributed by atoms with Crippen LogP contribution in [-0.2, 0) is 6.42 Å². The lowest BCUT2D eigenvalue weighted by Gasteiger charge is -2.28. The molecule has 0 saturated heterocycles. The van der Waals surface area contributed by atoms with Crippen LogP contribution in [-0.4, -0.2) is 23.9 Å². The van der Waals surface area contributed by atoms with Gasteiger partial charge in [0.2, 0.25) is 0 Å². The van der Waals surface area contributed by atoms with Gasteiger partial charge in [-0.05, 0) is 31.4 Å². The van der Waals surface area contributed by atoms with E-state index in [1.165, 1.54) is 11.1 Å². The molecule has 86 valence electrons. The van der Waals surface area contributed by atoms with Crippen molar-refractivity contribution in [3.63, 3.8) is 0 Å². The summed E-state index contributed by atoms with van der Waals surface area (Å²) in [6, 6.07) is 5.99. The Kier molecular flexibility index (Phi) is 3.19. The summed E-state index contributed by atoms with van der Waals surface area (Å²) in [7, 11) is 0. The minimum Gasteiger partial charge on any atom is -0.487 e. The minimum absolute atomic E-state index is 0.105. The van der Waals surface area contributed by atoms with E-state index in [1.54, 1.807) is 0 Å². The third kappa shape index (κ3) is 2.22. The fourth-order valence-corrected chi connectivity index (χ4v) is 2.00. The van der Waals surface area contributed by atoms with Crippen LogP contribution in [0.5, 0.6) is 5.75 Å². The first kappa shape index (κ1) is 11.1. The van der Waals surface area contributed by atoms with Crippen LogP contribution in [0.1, 0.15) is 17.5 Å². The van der Waals surface area contributed by atoms with E-state index in [2.05, 4.69) is 11.2 Å². The average Bonchev–Trinajstić information content (AvgIpc) is 2.28. The highest BCUT2D eigenvalue weighted by molar-refractivity contribution is 5.38. The van der Waals surface area contributed by atoms with E-state index < -0.39 is 6.10 Å². The number of nitroso groups, excluding NO2 is 1. The van der Waals surface area contributed by atoms with Crippen LogP contribution in [0.3, 0.4) is 0 Å². The molecule has 0 saturated carbocycles. The fraction of sp³-hybridized carbons (Fsp3) is 0.500. The number of hydrogen-bond acceptors (Lipinski definition) is 4. The highest BCUT2D eigenvalue weighted by atomic mass is 16.5. The van der Waals surface area contributed by atoms with Crippen molar-refractivity contribution in [3.05, 3.63) is 34.2 Å². The second kappa shape index (κ2) is 4.61. The Labute approximate surface area is 94.2 Å². The van der Waals surface area contributed by atoms with E-state index in [4.69, 9.17) is 4.74 Å². The number of ether oxygens (including phenoxy) is 1. The van der Waals surface area contributed by atoms with Gasteiger partial charge in [0.15, 0.2) is 0 Å². The number of fused-ring (bicyclic) bond motifs is 1. The summed E-state index contributed by atoms with van der Waals surface area (Å²) in [6.07, 6.45) is 0.491. The minimum atomic E-state index is -0.799. The van der Waals surface area contributed by atoms with Crippen LogP contribution in [0.15, 0.2) is 23.4 Å². The molecule has 0 bridgehead atoms. The molecule has 4 nitrogen and oxygen atoms in total. The number of rotatable bonds is 3. The van der Waals surface area contributed by atoms with Gasteiger partial charge >= 0.3 is 0 Å². The molecule has 0 fully saturated rings. The Bertz CT molecular complexity index is 392. The zero-order valence-corrected chi connectivity index (χ0v) is 9.22. The lowest BCUT2D eigenvalue weighted by Crippen LogP contribution is -2.36. The van der Waals surface area contributed by atoms with Crippen LogP contribution in [0, 0.1) is 11.8 Å². The predicted octanol–water partition coefficient (Wildman–Crippen LogP) is 1.82. The highest BCUT2D eigenvalue weighted by Gasteiger charge is 2.26. The van der Waals surface area contributed by atoms with Crippen LogP contribution >= 0.6 is 0 Å². The van der Waals surface area contributed by atoms with Crippen LogP contribution < -0.4 is 4.74 Å². The Morgan fingerprint density at radius 1 is 1.62 bits per heavy atom. The van der Waals surface area contributed by atoms with Crippen molar-refractivity contribution in [1.82, 2.24) is 0 Å². The molecule has 0 aliphatic carbocycles. The number of aryl methyl sites for hydroxylation is 2. The normalized spacial score (nSPS) is 20.8. The molecule has 2 atom stereocenters. The maximum atomic E-state index is 10.1. The smallest absolute Gasteiger partial charge is 0.127 e. The predicted molar refractivity (Wildman–Crippen MR) is 60.6 cm³/mol. The Morgan fingerprint density at radius 3 is 3.19 bits per heavy atom. The molecule has 2 unspecified atom stereocenters. The Hall–Kier alpha value is -1.42. The first-order chi connectivity index (χ1) is 7.70. The van der Waals surface area contributed by atoms with Gasteiger partial charge < -0.3 is 9.84 Å². The maximum Gasteiger partial charge on any atom is 0.127 e. The molecule has 0 radical (unpaired) electrons. The second-order valence-corrected chi connectivity index (χ2v) is 4.19. The monoisotopic (exact) mass is 221 g/mol. The molecule has 16 heavy (non-hydrogen) atoms.